The average molecular weight is 354 g/mol. The van der Waals surface area contributed by atoms with Crippen molar-refractivity contribution in [3.8, 4) is 0 Å². The molecule has 1 unspecified atom stereocenters. The van der Waals surface area contributed by atoms with Crippen molar-refractivity contribution in [3.05, 3.63) is 77.9 Å². The van der Waals surface area contributed by atoms with E-state index in [1.165, 1.54) is 30.7 Å². The lowest BCUT2D eigenvalue weighted by molar-refractivity contribution is -0.145. The molecule has 1 aromatic carbocycles. The molecule has 0 amide bonds. The Labute approximate surface area is 151 Å². The topological polar surface area (TPSA) is 103 Å². The third kappa shape index (κ3) is 5.44. The molecule has 3 N–H and O–H groups in total. The van der Waals surface area contributed by atoms with E-state index in [1.807, 2.05) is 12.3 Å². The van der Waals surface area contributed by atoms with E-state index in [-0.39, 0.29) is 12.0 Å². The zero-order valence-electron chi connectivity index (χ0n) is 14.6. The minimum absolute atomic E-state index is 0.0359. The number of aliphatic carboxylic acids is 2. The highest BCUT2D eigenvalue weighted by molar-refractivity contribution is 5.90. The smallest absolute Gasteiger partial charge is 0.331 e. The number of hydrogen-bond donors (Lipinski definition) is 3. The predicted molar refractivity (Wildman–Crippen MR) is 97.7 cm³/mol. The minimum atomic E-state index is -1.08. The summed E-state index contributed by atoms with van der Waals surface area (Å²) in [7, 11) is 0. The summed E-state index contributed by atoms with van der Waals surface area (Å²) in [6.45, 7) is 1.50. The van der Waals surface area contributed by atoms with Gasteiger partial charge in [-0.2, -0.15) is 0 Å². The monoisotopic (exact) mass is 354 g/mol. The van der Waals surface area contributed by atoms with Gasteiger partial charge in [-0.15, -0.1) is 0 Å². The van der Waals surface area contributed by atoms with Crippen LogP contribution in [-0.4, -0.2) is 32.1 Å². The molecule has 0 saturated carbocycles. The summed E-state index contributed by atoms with van der Waals surface area (Å²) in [5.41, 5.74) is 0.411. The first-order valence-electron chi connectivity index (χ1n) is 8.28. The van der Waals surface area contributed by atoms with Gasteiger partial charge in [0, 0.05) is 24.4 Å². The number of aryl methyl sites for hydroxylation is 2. The molecule has 0 bridgehead atoms. The molecule has 2 aromatic rings. The zero-order valence-corrected chi connectivity index (χ0v) is 14.6. The summed E-state index contributed by atoms with van der Waals surface area (Å²) >= 11 is 0. The lowest BCUT2D eigenvalue weighted by Crippen LogP contribution is -2.28. The van der Waals surface area contributed by atoms with E-state index < -0.39 is 17.4 Å². The van der Waals surface area contributed by atoms with E-state index in [1.54, 1.807) is 6.20 Å². The lowest BCUT2D eigenvalue weighted by atomic mass is 9.80. The van der Waals surface area contributed by atoms with Gasteiger partial charge >= 0.3 is 11.9 Å². The molecule has 3 rings (SSSR count). The van der Waals surface area contributed by atoms with Crippen molar-refractivity contribution in [1.82, 2.24) is 9.97 Å². The van der Waals surface area contributed by atoms with Crippen molar-refractivity contribution in [2.75, 3.05) is 0 Å². The van der Waals surface area contributed by atoms with Crippen LogP contribution >= 0.6 is 0 Å². The number of allylic oxidation sites excluding steroid dienone is 2. The van der Waals surface area contributed by atoms with Crippen LogP contribution in [0.15, 0.2) is 66.5 Å². The highest BCUT2D eigenvalue weighted by Gasteiger charge is 2.34. The van der Waals surface area contributed by atoms with Crippen molar-refractivity contribution >= 4 is 11.9 Å². The molecule has 136 valence electrons. The number of benzene rings is 1. The molecule has 26 heavy (non-hydrogen) atoms. The Hall–Kier alpha value is -3.15. The number of aromatic amines is 1. The fraction of sp³-hybridized carbons (Fsp3) is 0.250. The number of aromatic nitrogens is 2. The second-order valence-corrected chi connectivity index (χ2v) is 6.28. The number of nitrogens with one attached hydrogen (secondary N) is 1. The third-order valence-electron chi connectivity index (χ3n) is 4.13. The van der Waals surface area contributed by atoms with Gasteiger partial charge in [0.05, 0.1) is 5.41 Å². The molecule has 0 radical (unpaired) electrons. The maximum absolute atomic E-state index is 10.8. The Balaban J connectivity index is 0.000000187. The van der Waals surface area contributed by atoms with Gasteiger partial charge in [-0.3, -0.25) is 4.79 Å². The number of rotatable bonds is 5. The van der Waals surface area contributed by atoms with E-state index >= 15 is 0 Å². The Kier molecular flexibility index (Phi) is 6.49. The van der Waals surface area contributed by atoms with E-state index in [0.717, 1.165) is 18.7 Å². The second-order valence-electron chi connectivity index (χ2n) is 6.28. The van der Waals surface area contributed by atoms with Crippen LogP contribution in [0, 0.1) is 5.41 Å². The van der Waals surface area contributed by atoms with Gasteiger partial charge in [0.15, 0.2) is 0 Å². The van der Waals surface area contributed by atoms with Crippen LogP contribution in [0.4, 0.5) is 0 Å². The molecular weight excluding hydrogens is 332 g/mol. The maximum atomic E-state index is 10.8. The van der Waals surface area contributed by atoms with Crippen LogP contribution in [0.5, 0.6) is 0 Å². The quantitative estimate of drug-likeness (QED) is 0.765. The molecule has 0 saturated heterocycles. The van der Waals surface area contributed by atoms with Gasteiger partial charge < -0.3 is 15.2 Å². The van der Waals surface area contributed by atoms with Gasteiger partial charge in [-0.05, 0) is 25.3 Å². The second kappa shape index (κ2) is 8.80. The van der Waals surface area contributed by atoms with Crippen molar-refractivity contribution in [2.45, 2.75) is 26.2 Å². The van der Waals surface area contributed by atoms with Crippen molar-refractivity contribution in [2.24, 2.45) is 5.41 Å². The average Bonchev–Trinajstić information content (AvgIpc) is 3.15. The van der Waals surface area contributed by atoms with Crippen LogP contribution in [0.3, 0.4) is 0 Å². The summed E-state index contributed by atoms with van der Waals surface area (Å²) in [5.74, 6) is -1.00. The highest BCUT2D eigenvalue weighted by atomic mass is 16.4. The molecule has 6 nitrogen and oxygen atoms in total. The van der Waals surface area contributed by atoms with Crippen molar-refractivity contribution < 1.29 is 19.8 Å². The SMILES string of the molecule is CC1(C(=O)O)C=CC=C(C(=O)O)C1.c1ccc(CCc2ncc[nH]2)cc1. The Morgan fingerprint density at radius 2 is 1.92 bits per heavy atom. The Morgan fingerprint density at radius 3 is 2.50 bits per heavy atom. The van der Waals surface area contributed by atoms with Gasteiger partial charge in [0.25, 0.3) is 0 Å². The van der Waals surface area contributed by atoms with Crippen molar-refractivity contribution in [1.29, 1.82) is 0 Å². The normalized spacial score (nSPS) is 18.4. The van der Waals surface area contributed by atoms with Gasteiger partial charge in [0.1, 0.15) is 5.82 Å². The fourth-order valence-corrected chi connectivity index (χ4v) is 2.53. The molecule has 6 heteroatoms. The summed E-state index contributed by atoms with van der Waals surface area (Å²) in [6, 6.07) is 10.5. The van der Waals surface area contributed by atoms with E-state index in [0.29, 0.717) is 0 Å². The standard InChI is InChI=1S/C11H12N2.C9H10O4/c1-2-4-10(5-3-1)6-7-11-12-8-9-13-11;1-9(8(12)13)4-2-3-6(5-9)7(10)11/h1-5,8-9H,6-7H2,(H,12,13);2-4H,5H2,1H3,(H,10,11)(H,12,13). The fourth-order valence-electron chi connectivity index (χ4n) is 2.53. The first-order chi connectivity index (χ1) is 12.4. The van der Waals surface area contributed by atoms with E-state index in [9.17, 15) is 9.59 Å². The van der Waals surface area contributed by atoms with Crippen LogP contribution in [0.1, 0.15) is 24.7 Å². The van der Waals surface area contributed by atoms with Crippen molar-refractivity contribution in [3.63, 3.8) is 0 Å². The van der Waals surface area contributed by atoms with Crippen LogP contribution in [0.25, 0.3) is 0 Å². The molecule has 1 aliphatic rings. The van der Waals surface area contributed by atoms with Gasteiger partial charge in [0.2, 0.25) is 0 Å². The molecule has 1 atom stereocenters. The summed E-state index contributed by atoms with van der Waals surface area (Å²) in [4.78, 5) is 28.6. The minimum Gasteiger partial charge on any atom is -0.481 e. The molecule has 0 fully saturated rings. The number of carbonyl (C=O) groups is 2. The van der Waals surface area contributed by atoms with E-state index in [4.69, 9.17) is 10.2 Å². The number of imidazole rings is 1. The Bertz CT molecular complexity index is 794. The third-order valence-corrected chi connectivity index (χ3v) is 4.13. The van der Waals surface area contributed by atoms with Crippen LogP contribution < -0.4 is 0 Å². The highest BCUT2D eigenvalue weighted by Crippen LogP contribution is 2.31. The summed E-state index contributed by atoms with van der Waals surface area (Å²) in [6.07, 6.45) is 10.1. The number of carboxylic acid groups (broad SMARTS) is 2. The summed E-state index contributed by atoms with van der Waals surface area (Å²) < 4.78 is 0. The van der Waals surface area contributed by atoms with Gasteiger partial charge in [-0.1, -0.05) is 48.6 Å². The largest absolute Gasteiger partial charge is 0.481 e. The predicted octanol–water partition coefficient (Wildman–Crippen LogP) is 3.24. The zero-order chi connectivity index (χ0) is 19.0. The first-order valence-corrected chi connectivity index (χ1v) is 8.28. The summed E-state index contributed by atoms with van der Waals surface area (Å²) in [5, 5.41) is 17.5. The molecule has 1 heterocycles. The maximum Gasteiger partial charge on any atom is 0.331 e. The molecule has 0 aliphatic heterocycles. The van der Waals surface area contributed by atoms with Crippen LogP contribution in [0.2, 0.25) is 0 Å². The van der Waals surface area contributed by atoms with Gasteiger partial charge in [-0.25, -0.2) is 9.78 Å². The number of nitrogens with zero attached hydrogens (tertiary/aromatic N) is 1. The molecule has 1 aromatic heterocycles. The van der Waals surface area contributed by atoms with E-state index in [2.05, 4.69) is 34.2 Å². The molecule has 0 spiro atoms. The number of carboxylic acids is 2. The Morgan fingerprint density at radius 1 is 1.19 bits per heavy atom. The van der Waals surface area contributed by atoms with Crippen LogP contribution in [-0.2, 0) is 22.4 Å². The molecular formula is C20H22N2O4. The molecule has 1 aliphatic carbocycles. The number of hydrogen-bond acceptors (Lipinski definition) is 3. The first kappa shape index (κ1) is 19.2. The lowest BCUT2D eigenvalue weighted by Gasteiger charge is -2.23. The number of H-pyrrole nitrogens is 1.